The summed E-state index contributed by atoms with van der Waals surface area (Å²) in [6, 6.07) is 23.0. The van der Waals surface area contributed by atoms with Crippen LogP contribution in [0.5, 0.6) is 5.75 Å². The highest BCUT2D eigenvalue weighted by Crippen LogP contribution is 2.27. The Morgan fingerprint density at radius 2 is 1.65 bits per heavy atom. The van der Waals surface area contributed by atoms with Crippen LogP contribution in [0.4, 0.5) is 0 Å². The molecule has 1 fully saturated rings. The lowest BCUT2D eigenvalue weighted by Gasteiger charge is -2.33. The third-order valence-corrected chi connectivity index (χ3v) is 6.39. The van der Waals surface area contributed by atoms with Crippen molar-refractivity contribution in [1.82, 2.24) is 4.90 Å². The number of aryl methyl sites for hydroxylation is 1. The van der Waals surface area contributed by atoms with Gasteiger partial charge in [-0.15, -0.1) is 0 Å². The number of carbonyl (C=O) groups is 1. The van der Waals surface area contributed by atoms with E-state index < -0.39 is 10.1 Å². The smallest absolute Gasteiger partial charge is 0.339 e. The predicted molar refractivity (Wildman–Crippen MR) is 116 cm³/mol. The molecule has 160 valence electrons. The van der Waals surface area contributed by atoms with Crippen molar-refractivity contribution in [2.24, 2.45) is 0 Å². The van der Waals surface area contributed by atoms with Crippen molar-refractivity contribution in [2.45, 2.75) is 24.5 Å². The molecule has 0 unspecified atom stereocenters. The zero-order chi connectivity index (χ0) is 21.8. The van der Waals surface area contributed by atoms with E-state index in [9.17, 15) is 13.2 Å². The van der Waals surface area contributed by atoms with Crippen LogP contribution in [-0.2, 0) is 26.2 Å². The molecule has 1 amide bonds. The minimum atomic E-state index is -3.90. The van der Waals surface area contributed by atoms with Crippen molar-refractivity contribution >= 4 is 16.0 Å². The van der Waals surface area contributed by atoms with Gasteiger partial charge >= 0.3 is 10.1 Å². The first-order valence-electron chi connectivity index (χ1n) is 9.95. The quantitative estimate of drug-likeness (QED) is 0.548. The molecular weight excluding hydrogens is 414 g/mol. The van der Waals surface area contributed by atoms with Gasteiger partial charge in [-0.05, 0) is 42.3 Å². The predicted octanol–water partition coefficient (Wildman–Crippen LogP) is 3.86. The Bertz CT molecular complexity index is 1140. The van der Waals surface area contributed by atoms with Crippen LogP contribution in [0.2, 0.25) is 0 Å². The summed E-state index contributed by atoms with van der Waals surface area (Å²) in [5.41, 5.74) is 2.88. The van der Waals surface area contributed by atoms with Gasteiger partial charge in [0.2, 0.25) is 5.91 Å². The molecule has 0 aromatic heterocycles. The average Bonchev–Trinajstić information content (AvgIpc) is 2.77. The van der Waals surface area contributed by atoms with Crippen LogP contribution in [0.15, 0.2) is 83.8 Å². The van der Waals surface area contributed by atoms with Crippen LogP contribution < -0.4 is 4.18 Å². The molecule has 4 rings (SSSR count). The summed E-state index contributed by atoms with van der Waals surface area (Å²) in [4.78, 5) is 14.1. The molecule has 0 spiro atoms. The monoisotopic (exact) mass is 437 g/mol. The van der Waals surface area contributed by atoms with Gasteiger partial charge in [0.1, 0.15) is 23.4 Å². The van der Waals surface area contributed by atoms with E-state index in [0.717, 1.165) is 16.7 Å². The van der Waals surface area contributed by atoms with E-state index in [-0.39, 0.29) is 29.3 Å². The fourth-order valence-corrected chi connectivity index (χ4v) is 4.32. The second-order valence-electron chi connectivity index (χ2n) is 7.48. The summed E-state index contributed by atoms with van der Waals surface area (Å²) in [5, 5.41) is 0. The van der Waals surface area contributed by atoms with Gasteiger partial charge in [-0.3, -0.25) is 4.79 Å². The number of amides is 1. The van der Waals surface area contributed by atoms with Crippen molar-refractivity contribution < 1.29 is 22.1 Å². The van der Waals surface area contributed by atoms with Gasteiger partial charge in [-0.25, -0.2) is 0 Å². The number of benzene rings is 3. The zero-order valence-corrected chi connectivity index (χ0v) is 17.9. The number of hydrogen-bond donors (Lipinski definition) is 0. The maximum absolute atomic E-state index is 12.5. The molecule has 1 saturated heterocycles. The van der Waals surface area contributed by atoms with E-state index >= 15 is 0 Å². The van der Waals surface area contributed by atoms with Crippen LogP contribution in [0, 0.1) is 6.92 Å². The molecule has 1 aliphatic heterocycles. The Labute approximate surface area is 182 Å². The van der Waals surface area contributed by atoms with E-state index in [0.29, 0.717) is 13.1 Å². The molecule has 1 aliphatic rings. The Hall–Kier alpha value is -3.16. The van der Waals surface area contributed by atoms with Gasteiger partial charge in [0.25, 0.3) is 0 Å². The Morgan fingerprint density at radius 1 is 0.968 bits per heavy atom. The molecule has 1 heterocycles. The first-order chi connectivity index (χ1) is 14.9. The van der Waals surface area contributed by atoms with Crippen LogP contribution in [-0.4, -0.2) is 32.4 Å². The molecule has 0 radical (unpaired) electrons. The largest absolute Gasteiger partial charge is 0.379 e. The third kappa shape index (κ3) is 5.13. The summed E-state index contributed by atoms with van der Waals surface area (Å²) in [6.45, 7) is 2.85. The number of carbonyl (C=O) groups excluding carboxylic acids is 1. The lowest BCUT2D eigenvalue weighted by Crippen LogP contribution is -2.42. The first-order valence-corrected chi connectivity index (χ1v) is 11.4. The lowest BCUT2D eigenvalue weighted by molar-refractivity contribution is -0.150. The minimum absolute atomic E-state index is 0.0115. The van der Waals surface area contributed by atoms with Gasteiger partial charge < -0.3 is 13.8 Å². The zero-order valence-electron chi connectivity index (χ0n) is 17.1. The summed E-state index contributed by atoms with van der Waals surface area (Å²) in [5.74, 6) is 0.168. The normalized spacial score (nSPS) is 16.9. The molecule has 6 nitrogen and oxygen atoms in total. The van der Waals surface area contributed by atoms with E-state index in [2.05, 4.69) is 0 Å². The fourth-order valence-electron chi connectivity index (χ4n) is 3.39. The van der Waals surface area contributed by atoms with Gasteiger partial charge in [0.15, 0.2) is 0 Å². The van der Waals surface area contributed by atoms with Gasteiger partial charge in [-0.2, -0.15) is 8.42 Å². The van der Waals surface area contributed by atoms with Crippen LogP contribution in [0.1, 0.15) is 22.8 Å². The average molecular weight is 438 g/mol. The molecule has 3 aromatic rings. The topological polar surface area (TPSA) is 72.9 Å². The summed E-state index contributed by atoms with van der Waals surface area (Å²) in [6.07, 6.45) is -0.288. The van der Waals surface area contributed by atoms with Crippen molar-refractivity contribution in [3.8, 4) is 5.75 Å². The number of nitrogens with zero attached hydrogens (tertiary/aromatic N) is 1. The number of ether oxygens (including phenoxy) is 1. The van der Waals surface area contributed by atoms with Gasteiger partial charge in [0.05, 0.1) is 6.54 Å². The Morgan fingerprint density at radius 3 is 2.32 bits per heavy atom. The highest BCUT2D eigenvalue weighted by molar-refractivity contribution is 7.87. The van der Waals surface area contributed by atoms with E-state index in [4.69, 9.17) is 8.92 Å². The maximum Gasteiger partial charge on any atom is 0.339 e. The third-order valence-electron chi connectivity index (χ3n) is 5.13. The van der Waals surface area contributed by atoms with Crippen LogP contribution in [0.25, 0.3) is 0 Å². The van der Waals surface area contributed by atoms with Crippen LogP contribution >= 0.6 is 0 Å². The number of hydrogen-bond acceptors (Lipinski definition) is 5. The van der Waals surface area contributed by atoms with Gasteiger partial charge in [-0.1, -0.05) is 60.2 Å². The summed E-state index contributed by atoms with van der Waals surface area (Å²) < 4.78 is 35.9. The minimum Gasteiger partial charge on any atom is -0.379 e. The molecule has 0 N–H and O–H groups in total. The molecular formula is C24H23NO5S. The standard InChI is InChI=1S/C24H23NO5S/c1-18-7-13-22(14-8-18)31(27,28)30-21-11-9-20(10-12-21)23-16-25(24(26)17-29-23)15-19-5-3-2-4-6-19/h2-14,23H,15-17H2,1H3/t23-/m1/s1. The molecule has 31 heavy (non-hydrogen) atoms. The molecule has 3 aromatic carbocycles. The maximum atomic E-state index is 12.5. The number of morpholine rings is 1. The molecule has 0 bridgehead atoms. The van der Waals surface area contributed by atoms with Crippen molar-refractivity contribution in [2.75, 3.05) is 13.2 Å². The Balaban J connectivity index is 1.44. The summed E-state index contributed by atoms with van der Waals surface area (Å²) in [7, 11) is -3.90. The molecule has 0 saturated carbocycles. The summed E-state index contributed by atoms with van der Waals surface area (Å²) >= 11 is 0. The second-order valence-corrected chi connectivity index (χ2v) is 9.03. The van der Waals surface area contributed by atoms with Crippen molar-refractivity contribution in [3.63, 3.8) is 0 Å². The van der Waals surface area contributed by atoms with Crippen molar-refractivity contribution in [1.29, 1.82) is 0 Å². The van der Waals surface area contributed by atoms with Crippen molar-refractivity contribution in [3.05, 3.63) is 95.6 Å². The SMILES string of the molecule is Cc1ccc(S(=O)(=O)Oc2ccc([C@H]3CN(Cc4ccccc4)C(=O)CO3)cc2)cc1. The van der Waals surface area contributed by atoms with E-state index in [1.54, 1.807) is 41.3 Å². The molecule has 7 heteroatoms. The molecule has 0 aliphatic carbocycles. The lowest BCUT2D eigenvalue weighted by atomic mass is 10.1. The van der Waals surface area contributed by atoms with E-state index in [1.807, 2.05) is 37.3 Å². The van der Waals surface area contributed by atoms with Crippen LogP contribution in [0.3, 0.4) is 0 Å². The molecule has 1 atom stereocenters. The van der Waals surface area contributed by atoms with E-state index in [1.165, 1.54) is 12.1 Å². The fraction of sp³-hybridized carbons (Fsp3) is 0.208. The second kappa shape index (κ2) is 8.91. The Kier molecular flexibility index (Phi) is 6.06. The highest BCUT2D eigenvalue weighted by atomic mass is 32.2. The highest BCUT2D eigenvalue weighted by Gasteiger charge is 2.27. The first kappa shape index (κ1) is 21.1. The number of rotatable bonds is 6. The van der Waals surface area contributed by atoms with Gasteiger partial charge in [0, 0.05) is 6.54 Å².